The van der Waals surface area contributed by atoms with Gasteiger partial charge in [0.25, 0.3) is 0 Å². The van der Waals surface area contributed by atoms with E-state index in [-0.39, 0.29) is 5.56 Å². The van der Waals surface area contributed by atoms with Gasteiger partial charge in [0, 0.05) is 0 Å². The number of hydrogen-bond donors (Lipinski definition) is 5. The Balaban J connectivity index is 1.97. The maximum absolute atomic E-state index is 11.1. The second-order valence-corrected chi connectivity index (χ2v) is 3.74. The fourth-order valence-electron chi connectivity index (χ4n) is 1.77. The standard InChI is InChI=1S/C10H10N6O2/c11-8-7-9(13-12-8)15-16(14-7)6-4-2-1-3-5(6)10(17)18/h1-4,14H,(H,17,18)(H4,11,12,13,15). The lowest BCUT2D eigenvalue weighted by Gasteiger charge is -2.20. The number of aromatic amines is 1. The molecule has 3 rings (SSSR count). The Hall–Kier alpha value is -2.90. The highest BCUT2D eigenvalue weighted by atomic mass is 16.4. The zero-order chi connectivity index (χ0) is 12.7. The van der Waals surface area contributed by atoms with Crippen molar-refractivity contribution in [2.24, 2.45) is 0 Å². The van der Waals surface area contributed by atoms with Gasteiger partial charge in [0.2, 0.25) is 0 Å². The van der Waals surface area contributed by atoms with Crippen LogP contribution in [0.5, 0.6) is 0 Å². The summed E-state index contributed by atoms with van der Waals surface area (Å²) in [5.41, 5.74) is 12.7. The highest BCUT2D eigenvalue weighted by molar-refractivity contribution is 5.96. The number of fused-ring (bicyclic) bond motifs is 1. The first-order chi connectivity index (χ1) is 8.66. The van der Waals surface area contributed by atoms with E-state index in [0.717, 1.165) is 0 Å². The first-order valence-electron chi connectivity index (χ1n) is 5.16. The number of hydrogen-bond acceptors (Lipinski definition) is 6. The monoisotopic (exact) mass is 246 g/mol. The molecule has 1 aromatic carbocycles. The van der Waals surface area contributed by atoms with Gasteiger partial charge in [-0.1, -0.05) is 12.1 Å². The van der Waals surface area contributed by atoms with Gasteiger partial charge < -0.3 is 10.8 Å². The Morgan fingerprint density at radius 1 is 1.33 bits per heavy atom. The lowest BCUT2D eigenvalue weighted by molar-refractivity contribution is 0.0697. The van der Waals surface area contributed by atoms with Gasteiger partial charge in [-0.3, -0.25) is 16.0 Å². The molecule has 0 saturated heterocycles. The average Bonchev–Trinajstić information content (AvgIpc) is 2.92. The molecule has 6 N–H and O–H groups in total. The highest BCUT2D eigenvalue weighted by Crippen LogP contribution is 2.34. The molecule has 1 aliphatic heterocycles. The maximum atomic E-state index is 11.1. The lowest BCUT2D eigenvalue weighted by Crippen LogP contribution is -2.31. The van der Waals surface area contributed by atoms with Crippen molar-refractivity contribution in [3.05, 3.63) is 29.8 Å². The van der Waals surface area contributed by atoms with Crippen LogP contribution in [-0.4, -0.2) is 21.3 Å². The van der Waals surface area contributed by atoms with Crippen LogP contribution in [0, 0.1) is 0 Å². The number of nitrogen functional groups attached to an aromatic ring is 1. The van der Waals surface area contributed by atoms with Gasteiger partial charge in [0.05, 0.1) is 11.3 Å². The van der Waals surface area contributed by atoms with Gasteiger partial charge in [-0.15, -0.1) is 0 Å². The zero-order valence-corrected chi connectivity index (χ0v) is 9.14. The summed E-state index contributed by atoms with van der Waals surface area (Å²) in [6.07, 6.45) is 0. The first kappa shape index (κ1) is 10.3. The van der Waals surface area contributed by atoms with E-state index >= 15 is 0 Å². The van der Waals surface area contributed by atoms with Crippen LogP contribution < -0.4 is 21.7 Å². The number of nitrogens with one attached hydrogen (secondary N) is 3. The van der Waals surface area contributed by atoms with Gasteiger partial charge >= 0.3 is 5.97 Å². The van der Waals surface area contributed by atoms with Crippen molar-refractivity contribution in [3.63, 3.8) is 0 Å². The Morgan fingerprint density at radius 2 is 2.11 bits per heavy atom. The summed E-state index contributed by atoms with van der Waals surface area (Å²) in [5.74, 6) is -0.103. The average molecular weight is 246 g/mol. The normalized spacial score (nSPS) is 12.8. The summed E-state index contributed by atoms with van der Waals surface area (Å²) in [5, 5.41) is 17.1. The lowest BCUT2D eigenvalue weighted by atomic mass is 10.2. The third-order valence-electron chi connectivity index (χ3n) is 2.61. The number of nitrogens with two attached hydrogens (primary N) is 1. The molecule has 0 unspecified atom stereocenters. The number of benzene rings is 1. The van der Waals surface area contributed by atoms with Crippen LogP contribution in [0.1, 0.15) is 10.4 Å². The molecule has 0 atom stereocenters. The van der Waals surface area contributed by atoms with E-state index in [9.17, 15) is 4.79 Å². The molecule has 1 aromatic heterocycles. The zero-order valence-electron chi connectivity index (χ0n) is 9.14. The number of carboxylic acids is 1. The van der Waals surface area contributed by atoms with E-state index in [1.54, 1.807) is 18.2 Å². The number of rotatable bonds is 2. The van der Waals surface area contributed by atoms with Crippen LogP contribution in [0.15, 0.2) is 24.3 Å². The van der Waals surface area contributed by atoms with Crippen molar-refractivity contribution in [3.8, 4) is 0 Å². The largest absolute Gasteiger partial charge is 0.478 e. The molecule has 1 aliphatic rings. The minimum atomic E-state index is -1.01. The molecular weight excluding hydrogens is 236 g/mol. The molecule has 0 bridgehead atoms. The molecule has 92 valence electrons. The first-order valence-corrected chi connectivity index (χ1v) is 5.16. The van der Waals surface area contributed by atoms with Crippen molar-refractivity contribution in [1.82, 2.24) is 10.2 Å². The van der Waals surface area contributed by atoms with Crippen LogP contribution in [0.4, 0.5) is 23.0 Å². The number of nitrogens with zero attached hydrogens (tertiary/aromatic N) is 2. The van der Waals surface area contributed by atoms with Crippen molar-refractivity contribution < 1.29 is 9.90 Å². The van der Waals surface area contributed by atoms with Gasteiger partial charge in [-0.05, 0) is 12.1 Å². The molecule has 18 heavy (non-hydrogen) atoms. The van der Waals surface area contributed by atoms with E-state index in [1.165, 1.54) is 11.2 Å². The molecule has 8 nitrogen and oxygen atoms in total. The SMILES string of the molecule is Nc1[nH]nc2c1NN(c1ccccc1C(=O)O)N2. The van der Waals surface area contributed by atoms with Crippen LogP contribution in [0.2, 0.25) is 0 Å². The van der Waals surface area contributed by atoms with E-state index in [2.05, 4.69) is 21.0 Å². The second-order valence-electron chi connectivity index (χ2n) is 3.74. The van der Waals surface area contributed by atoms with Crippen LogP contribution in [0.25, 0.3) is 0 Å². The number of aromatic nitrogens is 2. The molecule has 0 fully saturated rings. The van der Waals surface area contributed by atoms with E-state index in [4.69, 9.17) is 10.8 Å². The van der Waals surface area contributed by atoms with Crippen molar-refractivity contribution >= 4 is 29.0 Å². The van der Waals surface area contributed by atoms with Crippen molar-refractivity contribution in [2.45, 2.75) is 0 Å². The number of para-hydroxylation sites is 1. The van der Waals surface area contributed by atoms with Gasteiger partial charge in [0.15, 0.2) is 5.82 Å². The molecule has 8 heteroatoms. The highest BCUT2D eigenvalue weighted by Gasteiger charge is 2.26. The van der Waals surface area contributed by atoms with Crippen LogP contribution >= 0.6 is 0 Å². The van der Waals surface area contributed by atoms with Gasteiger partial charge in [-0.2, -0.15) is 10.2 Å². The topological polar surface area (TPSA) is 119 Å². The third kappa shape index (κ3) is 1.39. The van der Waals surface area contributed by atoms with Crippen molar-refractivity contribution in [1.29, 1.82) is 0 Å². The number of H-pyrrole nitrogens is 1. The third-order valence-corrected chi connectivity index (χ3v) is 2.61. The molecule has 2 aromatic rings. The smallest absolute Gasteiger partial charge is 0.337 e. The van der Waals surface area contributed by atoms with Crippen molar-refractivity contribution in [2.75, 3.05) is 21.7 Å². The Labute approximate surface area is 101 Å². The van der Waals surface area contributed by atoms with Crippen LogP contribution in [0.3, 0.4) is 0 Å². The predicted octanol–water partition coefficient (Wildman–Crippen LogP) is 0.864. The quantitative estimate of drug-likeness (QED) is 0.533. The Kier molecular flexibility index (Phi) is 2.03. The molecule has 0 spiro atoms. The molecule has 0 radical (unpaired) electrons. The minimum Gasteiger partial charge on any atom is -0.478 e. The summed E-state index contributed by atoms with van der Waals surface area (Å²) < 4.78 is 0. The number of carbonyl (C=O) groups is 1. The fraction of sp³-hybridized carbons (Fsp3) is 0. The van der Waals surface area contributed by atoms with E-state index in [1.807, 2.05) is 0 Å². The number of carboxylic acid groups (broad SMARTS) is 1. The van der Waals surface area contributed by atoms with E-state index < -0.39 is 5.97 Å². The second kappa shape index (κ2) is 3.55. The number of hydrazine groups is 2. The predicted molar refractivity (Wildman–Crippen MR) is 66.1 cm³/mol. The molecule has 0 amide bonds. The Morgan fingerprint density at radius 3 is 2.83 bits per heavy atom. The molecule has 0 saturated carbocycles. The fourth-order valence-corrected chi connectivity index (χ4v) is 1.77. The van der Waals surface area contributed by atoms with Crippen LogP contribution in [-0.2, 0) is 0 Å². The summed E-state index contributed by atoms with van der Waals surface area (Å²) >= 11 is 0. The maximum Gasteiger partial charge on any atom is 0.337 e. The van der Waals surface area contributed by atoms with Gasteiger partial charge in [-0.25, -0.2) is 4.79 Å². The number of anilines is 4. The molecular formula is C10H10N6O2. The summed E-state index contributed by atoms with van der Waals surface area (Å²) in [4.78, 5) is 11.1. The molecule has 0 aliphatic carbocycles. The minimum absolute atomic E-state index is 0.171. The molecule has 2 heterocycles. The Bertz CT molecular complexity index is 623. The summed E-state index contributed by atoms with van der Waals surface area (Å²) in [7, 11) is 0. The summed E-state index contributed by atoms with van der Waals surface area (Å²) in [6, 6.07) is 6.61. The van der Waals surface area contributed by atoms with E-state index in [0.29, 0.717) is 23.0 Å². The van der Waals surface area contributed by atoms with Gasteiger partial charge in [0.1, 0.15) is 11.5 Å². The summed E-state index contributed by atoms with van der Waals surface area (Å²) in [6.45, 7) is 0. The number of aromatic carboxylic acids is 1.